The molecule has 0 heterocycles. The summed E-state index contributed by atoms with van der Waals surface area (Å²) < 4.78 is 8.74. The third-order valence-corrected chi connectivity index (χ3v) is 6.27. The van der Waals surface area contributed by atoms with Crippen LogP contribution in [0, 0.1) is 9.49 Å². The van der Waals surface area contributed by atoms with Crippen LogP contribution in [0.25, 0.3) is 0 Å². The summed E-state index contributed by atoms with van der Waals surface area (Å²) in [5.41, 5.74) is 0. The highest BCUT2D eigenvalue weighted by atomic mass is 127. The zero-order valence-corrected chi connectivity index (χ0v) is 15.2. The fourth-order valence-corrected chi connectivity index (χ4v) is 5.77. The quantitative estimate of drug-likeness (QED) is 0.390. The van der Waals surface area contributed by atoms with E-state index in [0.29, 0.717) is 0 Å². The highest BCUT2D eigenvalue weighted by Crippen LogP contribution is 2.37. The Balaban J connectivity index is 1.90. The van der Waals surface area contributed by atoms with Crippen LogP contribution >= 0.6 is 67.8 Å². The molecule has 0 aromatic heterocycles. The molecule has 0 spiro atoms. The van der Waals surface area contributed by atoms with Gasteiger partial charge in [-0.05, 0) is 47.6 Å². The first-order chi connectivity index (χ1) is 7.66. The lowest BCUT2D eigenvalue weighted by Crippen LogP contribution is -2.16. The van der Waals surface area contributed by atoms with E-state index < -0.39 is 0 Å². The van der Waals surface area contributed by atoms with E-state index >= 15 is 0 Å². The first kappa shape index (κ1) is 13.6. The highest BCUT2D eigenvalue weighted by molar-refractivity contribution is 14.1. The SMILES string of the molecule is Ic1ccccc1OCC1CC(I)CC1I. The summed E-state index contributed by atoms with van der Waals surface area (Å²) in [5.74, 6) is 1.75. The minimum absolute atomic E-state index is 0.721. The third-order valence-electron chi connectivity index (χ3n) is 2.84. The Morgan fingerprint density at radius 2 is 1.94 bits per heavy atom. The van der Waals surface area contributed by atoms with Gasteiger partial charge in [0.2, 0.25) is 0 Å². The zero-order chi connectivity index (χ0) is 11.5. The van der Waals surface area contributed by atoms with Crippen molar-refractivity contribution in [3.63, 3.8) is 0 Å². The van der Waals surface area contributed by atoms with Crippen LogP contribution in [0.3, 0.4) is 0 Å². The number of hydrogen-bond acceptors (Lipinski definition) is 1. The van der Waals surface area contributed by atoms with Crippen molar-refractivity contribution in [2.24, 2.45) is 5.92 Å². The number of benzene rings is 1. The van der Waals surface area contributed by atoms with E-state index in [1.54, 1.807) is 0 Å². The Morgan fingerprint density at radius 1 is 1.19 bits per heavy atom. The van der Waals surface area contributed by atoms with Gasteiger partial charge in [-0.1, -0.05) is 57.3 Å². The molecule has 3 unspecified atom stereocenters. The van der Waals surface area contributed by atoms with Crippen molar-refractivity contribution in [1.29, 1.82) is 0 Å². The number of alkyl halides is 2. The third kappa shape index (κ3) is 3.60. The molecule has 1 aliphatic rings. The maximum Gasteiger partial charge on any atom is 0.132 e. The van der Waals surface area contributed by atoms with Gasteiger partial charge in [-0.3, -0.25) is 0 Å². The van der Waals surface area contributed by atoms with Gasteiger partial charge >= 0.3 is 0 Å². The van der Waals surface area contributed by atoms with E-state index in [1.807, 2.05) is 12.1 Å². The molecular weight excluding hydrogens is 541 g/mol. The Bertz CT molecular complexity index is 356. The van der Waals surface area contributed by atoms with Crippen LogP contribution in [0.1, 0.15) is 12.8 Å². The minimum Gasteiger partial charge on any atom is -0.492 e. The molecule has 1 fully saturated rings. The first-order valence-corrected chi connectivity index (χ1v) is 8.89. The average Bonchev–Trinajstić information content (AvgIpc) is 2.56. The van der Waals surface area contributed by atoms with Crippen LogP contribution in [-0.2, 0) is 0 Å². The maximum absolute atomic E-state index is 5.92. The van der Waals surface area contributed by atoms with Crippen LogP contribution in [0.4, 0.5) is 0 Å². The molecule has 0 radical (unpaired) electrons. The minimum atomic E-state index is 0.721. The van der Waals surface area contributed by atoms with Crippen molar-refractivity contribution in [2.75, 3.05) is 6.61 Å². The standard InChI is InChI=1S/C12H13I3O/c13-9-5-8(11(15)6-9)7-16-12-4-2-1-3-10(12)14/h1-4,8-9,11H,5-7H2. The van der Waals surface area contributed by atoms with Crippen LogP contribution < -0.4 is 4.74 Å². The summed E-state index contributed by atoms with van der Waals surface area (Å²) in [4.78, 5) is 0. The Kier molecular flexibility index (Phi) is 5.45. The van der Waals surface area contributed by atoms with E-state index in [9.17, 15) is 0 Å². The Hall–Kier alpha value is 1.21. The van der Waals surface area contributed by atoms with Gasteiger partial charge in [-0.15, -0.1) is 0 Å². The van der Waals surface area contributed by atoms with Crippen molar-refractivity contribution < 1.29 is 4.74 Å². The smallest absolute Gasteiger partial charge is 0.132 e. The number of para-hydroxylation sites is 1. The Labute approximate surface area is 138 Å². The van der Waals surface area contributed by atoms with Crippen LogP contribution in [0.5, 0.6) is 5.75 Å². The lowest BCUT2D eigenvalue weighted by molar-refractivity contribution is 0.256. The lowest BCUT2D eigenvalue weighted by Gasteiger charge is -2.15. The second-order valence-electron chi connectivity index (χ2n) is 4.09. The van der Waals surface area contributed by atoms with Gasteiger partial charge in [0.15, 0.2) is 0 Å². The van der Waals surface area contributed by atoms with Gasteiger partial charge in [-0.25, -0.2) is 0 Å². The van der Waals surface area contributed by atoms with E-state index in [2.05, 4.69) is 79.9 Å². The summed E-state index contributed by atoms with van der Waals surface area (Å²) in [6, 6.07) is 8.23. The van der Waals surface area contributed by atoms with Crippen LogP contribution in [0.2, 0.25) is 0 Å². The second-order valence-corrected chi connectivity index (χ2v) is 8.61. The maximum atomic E-state index is 5.92. The predicted molar refractivity (Wildman–Crippen MR) is 93.0 cm³/mol. The van der Waals surface area contributed by atoms with Crippen LogP contribution in [0.15, 0.2) is 24.3 Å². The molecule has 0 amide bonds. The number of rotatable bonds is 3. The molecule has 0 aliphatic heterocycles. The van der Waals surface area contributed by atoms with Crippen molar-refractivity contribution in [3.05, 3.63) is 27.8 Å². The second kappa shape index (κ2) is 6.40. The molecule has 3 atom stereocenters. The molecule has 2 rings (SSSR count). The molecule has 16 heavy (non-hydrogen) atoms. The van der Waals surface area contributed by atoms with Gasteiger partial charge in [0, 0.05) is 13.8 Å². The number of hydrogen-bond donors (Lipinski definition) is 0. The molecule has 88 valence electrons. The molecule has 4 heteroatoms. The van der Waals surface area contributed by atoms with Crippen molar-refractivity contribution in [2.45, 2.75) is 20.7 Å². The van der Waals surface area contributed by atoms with E-state index in [1.165, 1.54) is 16.4 Å². The molecular formula is C12H13I3O. The highest BCUT2D eigenvalue weighted by Gasteiger charge is 2.31. The van der Waals surface area contributed by atoms with Crippen molar-refractivity contribution >= 4 is 67.8 Å². The van der Waals surface area contributed by atoms with Crippen LogP contribution in [-0.4, -0.2) is 14.5 Å². The normalized spacial score (nSPS) is 29.3. The van der Waals surface area contributed by atoms with E-state index in [4.69, 9.17) is 4.74 Å². The fourth-order valence-electron chi connectivity index (χ4n) is 1.94. The van der Waals surface area contributed by atoms with Gasteiger partial charge < -0.3 is 4.74 Å². The molecule has 1 aliphatic carbocycles. The topological polar surface area (TPSA) is 9.23 Å². The lowest BCUT2D eigenvalue weighted by atomic mass is 10.1. The monoisotopic (exact) mass is 554 g/mol. The zero-order valence-electron chi connectivity index (χ0n) is 8.70. The largest absolute Gasteiger partial charge is 0.492 e. The van der Waals surface area contributed by atoms with Gasteiger partial charge in [0.25, 0.3) is 0 Å². The van der Waals surface area contributed by atoms with Crippen molar-refractivity contribution in [3.8, 4) is 5.75 Å². The molecule has 0 N–H and O–H groups in total. The molecule has 1 nitrogen and oxygen atoms in total. The summed E-state index contributed by atoms with van der Waals surface area (Å²) >= 11 is 7.46. The summed E-state index contributed by atoms with van der Waals surface area (Å²) in [6.07, 6.45) is 2.64. The number of halogens is 3. The van der Waals surface area contributed by atoms with Gasteiger partial charge in [0.1, 0.15) is 5.75 Å². The summed E-state index contributed by atoms with van der Waals surface area (Å²) in [7, 11) is 0. The molecule has 0 saturated heterocycles. The molecule has 1 aromatic rings. The average molecular weight is 554 g/mol. The van der Waals surface area contributed by atoms with E-state index in [0.717, 1.165) is 26.1 Å². The Morgan fingerprint density at radius 3 is 2.56 bits per heavy atom. The van der Waals surface area contributed by atoms with Crippen molar-refractivity contribution in [1.82, 2.24) is 0 Å². The molecule has 1 saturated carbocycles. The number of ether oxygens (including phenoxy) is 1. The summed E-state index contributed by atoms with van der Waals surface area (Å²) in [5, 5.41) is 0. The predicted octanol–water partition coefficient (Wildman–Crippen LogP) is 4.69. The van der Waals surface area contributed by atoms with Gasteiger partial charge in [0.05, 0.1) is 10.2 Å². The molecule has 0 bridgehead atoms. The fraction of sp³-hybridized carbons (Fsp3) is 0.500. The van der Waals surface area contributed by atoms with Gasteiger partial charge in [-0.2, -0.15) is 0 Å². The summed E-state index contributed by atoms with van der Waals surface area (Å²) in [6.45, 7) is 0.868. The van der Waals surface area contributed by atoms with E-state index in [-0.39, 0.29) is 0 Å². The first-order valence-electron chi connectivity index (χ1n) is 5.32. The molecule has 1 aromatic carbocycles.